The summed E-state index contributed by atoms with van der Waals surface area (Å²) < 4.78 is 83.2. The van der Waals surface area contributed by atoms with E-state index in [1.165, 1.54) is 12.1 Å². The van der Waals surface area contributed by atoms with Crippen LogP contribution < -0.4 is 5.73 Å². The molecule has 0 amide bonds. The van der Waals surface area contributed by atoms with Gasteiger partial charge in [-0.25, -0.2) is 13.2 Å². The van der Waals surface area contributed by atoms with Gasteiger partial charge < -0.3 is 5.73 Å². The molecule has 0 fully saturated rings. The molecule has 4 rings (SSSR count). The lowest BCUT2D eigenvalue weighted by molar-refractivity contribution is -0.136. The molecular weight excluding hydrogens is 408 g/mol. The van der Waals surface area contributed by atoms with Crippen molar-refractivity contribution < 1.29 is 26.3 Å². The van der Waals surface area contributed by atoms with E-state index < -0.39 is 41.3 Å². The molecule has 0 unspecified atom stereocenters. The van der Waals surface area contributed by atoms with Gasteiger partial charge in [0, 0.05) is 34.3 Å². The second kappa shape index (κ2) is 7.08. The molecule has 154 valence electrons. The second-order valence-electron chi connectivity index (χ2n) is 6.68. The van der Waals surface area contributed by atoms with Gasteiger partial charge in [-0.2, -0.15) is 18.3 Å². The monoisotopic (exact) mass is 421 g/mol. The smallest absolute Gasteiger partial charge is 0.399 e. The van der Waals surface area contributed by atoms with Crippen molar-refractivity contribution in [1.82, 2.24) is 9.78 Å². The van der Waals surface area contributed by atoms with E-state index in [2.05, 4.69) is 5.10 Å². The quantitative estimate of drug-likeness (QED) is 0.337. The van der Waals surface area contributed by atoms with E-state index in [0.717, 1.165) is 10.7 Å². The van der Waals surface area contributed by atoms with Crippen molar-refractivity contribution in [3.8, 4) is 11.3 Å². The lowest BCUT2D eigenvalue weighted by Crippen LogP contribution is -2.09. The average molecular weight is 421 g/mol. The molecule has 9 heteroatoms. The fourth-order valence-corrected chi connectivity index (χ4v) is 3.31. The number of hydrogen-bond donors (Lipinski definition) is 1. The zero-order valence-corrected chi connectivity index (χ0v) is 15.1. The fourth-order valence-electron chi connectivity index (χ4n) is 3.31. The Labute approximate surface area is 166 Å². The summed E-state index contributed by atoms with van der Waals surface area (Å²) in [5.41, 5.74) is 4.93. The lowest BCUT2D eigenvalue weighted by Gasteiger charge is -2.10. The summed E-state index contributed by atoms with van der Waals surface area (Å²) in [6, 6.07) is 10.8. The van der Waals surface area contributed by atoms with E-state index in [4.69, 9.17) is 5.73 Å². The third kappa shape index (κ3) is 3.47. The van der Waals surface area contributed by atoms with E-state index in [1.54, 1.807) is 24.3 Å². The van der Waals surface area contributed by atoms with Crippen LogP contribution in [0.1, 0.15) is 11.1 Å². The summed E-state index contributed by atoms with van der Waals surface area (Å²) >= 11 is 0. The van der Waals surface area contributed by atoms with Gasteiger partial charge in [-0.05, 0) is 18.2 Å². The maximum absolute atomic E-state index is 14.2. The molecule has 4 aromatic rings. The second-order valence-corrected chi connectivity index (χ2v) is 6.68. The molecule has 0 spiro atoms. The number of nitrogens with two attached hydrogens (primary N) is 1. The van der Waals surface area contributed by atoms with E-state index in [1.807, 2.05) is 0 Å². The number of nitrogen functional groups attached to an aromatic ring is 1. The molecule has 2 N–H and O–H groups in total. The highest BCUT2D eigenvalue weighted by molar-refractivity contribution is 5.95. The molecule has 0 aliphatic rings. The van der Waals surface area contributed by atoms with Gasteiger partial charge in [0.15, 0.2) is 0 Å². The standard InChI is InChI=1S/C21H13F6N3/c22-12-8-17(23)15(18(24)9-12)10-30-20(11-4-6-13(28)7-5-11)14-2-1-3-16(19(14)29-30)21(25,26)27/h1-9H,10,28H2. The highest BCUT2D eigenvalue weighted by Gasteiger charge is 2.34. The fraction of sp³-hybridized carbons (Fsp3) is 0.0952. The van der Waals surface area contributed by atoms with Crippen molar-refractivity contribution in [2.75, 3.05) is 5.73 Å². The Kier molecular flexibility index (Phi) is 4.68. The third-order valence-corrected chi connectivity index (χ3v) is 4.67. The maximum Gasteiger partial charge on any atom is 0.418 e. The van der Waals surface area contributed by atoms with Crippen LogP contribution in [0.15, 0.2) is 54.6 Å². The van der Waals surface area contributed by atoms with Crippen LogP contribution in [-0.4, -0.2) is 9.78 Å². The number of benzene rings is 3. The van der Waals surface area contributed by atoms with Crippen molar-refractivity contribution in [3.63, 3.8) is 0 Å². The van der Waals surface area contributed by atoms with Crippen LogP contribution in [0.2, 0.25) is 0 Å². The number of halogens is 6. The Hall–Kier alpha value is -3.49. The van der Waals surface area contributed by atoms with Gasteiger partial charge in [-0.3, -0.25) is 4.68 Å². The molecule has 0 aliphatic carbocycles. The number of fused-ring (bicyclic) bond motifs is 1. The number of hydrogen-bond acceptors (Lipinski definition) is 2. The Bertz CT molecular complexity index is 1220. The van der Waals surface area contributed by atoms with Crippen LogP contribution >= 0.6 is 0 Å². The zero-order valence-electron chi connectivity index (χ0n) is 15.1. The van der Waals surface area contributed by atoms with Crippen molar-refractivity contribution in [1.29, 1.82) is 0 Å². The first-order valence-electron chi connectivity index (χ1n) is 8.71. The predicted octanol–water partition coefficient (Wildman–Crippen LogP) is 5.77. The van der Waals surface area contributed by atoms with Crippen LogP contribution in [0.3, 0.4) is 0 Å². The zero-order chi connectivity index (χ0) is 21.6. The minimum atomic E-state index is -4.68. The topological polar surface area (TPSA) is 43.8 Å². The van der Waals surface area contributed by atoms with E-state index in [-0.39, 0.29) is 16.6 Å². The molecule has 0 aliphatic heterocycles. The Morgan fingerprint density at radius 1 is 0.900 bits per heavy atom. The molecule has 1 aromatic heterocycles. The first-order chi connectivity index (χ1) is 14.1. The molecule has 0 atom stereocenters. The number of rotatable bonds is 3. The van der Waals surface area contributed by atoms with Crippen molar-refractivity contribution in [2.45, 2.75) is 12.7 Å². The normalized spacial score (nSPS) is 11.9. The van der Waals surface area contributed by atoms with Crippen LogP contribution in [0.5, 0.6) is 0 Å². The third-order valence-electron chi connectivity index (χ3n) is 4.67. The maximum atomic E-state index is 14.2. The van der Waals surface area contributed by atoms with Crippen LogP contribution in [0.25, 0.3) is 22.2 Å². The molecule has 0 bridgehead atoms. The Morgan fingerprint density at radius 3 is 2.13 bits per heavy atom. The van der Waals surface area contributed by atoms with Gasteiger partial charge in [-0.1, -0.05) is 24.3 Å². The average Bonchev–Trinajstić information content (AvgIpc) is 3.02. The van der Waals surface area contributed by atoms with E-state index >= 15 is 0 Å². The molecular formula is C21H13F6N3. The van der Waals surface area contributed by atoms with E-state index in [9.17, 15) is 26.3 Å². The van der Waals surface area contributed by atoms with Gasteiger partial charge >= 0.3 is 6.18 Å². The minimum absolute atomic E-state index is 0.150. The molecule has 3 nitrogen and oxygen atoms in total. The molecule has 0 radical (unpaired) electrons. The van der Waals surface area contributed by atoms with Gasteiger partial charge in [0.25, 0.3) is 0 Å². The van der Waals surface area contributed by atoms with Crippen molar-refractivity contribution >= 4 is 16.6 Å². The summed E-state index contributed by atoms with van der Waals surface area (Å²) in [7, 11) is 0. The summed E-state index contributed by atoms with van der Waals surface area (Å²) in [6.45, 7) is -0.538. The summed E-state index contributed by atoms with van der Waals surface area (Å²) in [6.07, 6.45) is -4.68. The van der Waals surface area contributed by atoms with Crippen LogP contribution in [0, 0.1) is 17.5 Å². The number of aromatic nitrogens is 2. The summed E-state index contributed by atoms with van der Waals surface area (Å²) in [5, 5.41) is 4.17. The molecule has 3 aromatic carbocycles. The van der Waals surface area contributed by atoms with E-state index in [0.29, 0.717) is 23.4 Å². The lowest BCUT2D eigenvalue weighted by atomic mass is 10.0. The number of anilines is 1. The highest BCUT2D eigenvalue weighted by Crippen LogP contribution is 2.38. The number of alkyl halides is 3. The van der Waals surface area contributed by atoms with Gasteiger partial charge in [0.2, 0.25) is 0 Å². The predicted molar refractivity (Wildman–Crippen MR) is 100 cm³/mol. The SMILES string of the molecule is Nc1ccc(-c2c3cccc(C(F)(F)F)c3nn2Cc2c(F)cc(F)cc2F)cc1. The minimum Gasteiger partial charge on any atom is -0.399 e. The molecule has 30 heavy (non-hydrogen) atoms. The van der Waals surface area contributed by atoms with Crippen LogP contribution in [0.4, 0.5) is 32.0 Å². The number of nitrogens with zero attached hydrogens (tertiary/aromatic N) is 2. The van der Waals surface area contributed by atoms with Crippen molar-refractivity contribution in [3.05, 3.63) is 83.2 Å². The van der Waals surface area contributed by atoms with Crippen LogP contribution in [-0.2, 0) is 12.7 Å². The Balaban J connectivity index is 1.99. The Morgan fingerprint density at radius 2 is 1.53 bits per heavy atom. The highest BCUT2D eigenvalue weighted by atomic mass is 19.4. The summed E-state index contributed by atoms with van der Waals surface area (Å²) in [5.74, 6) is -3.42. The summed E-state index contributed by atoms with van der Waals surface area (Å²) in [4.78, 5) is 0. The first-order valence-corrected chi connectivity index (χ1v) is 8.71. The van der Waals surface area contributed by atoms with Gasteiger partial charge in [0.05, 0.1) is 17.8 Å². The van der Waals surface area contributed by atoms with Crippen molar-refractivity contribution in [2.24, 2.45) is 0 Å². The largest absolute Gasteiger partial charge is 0.418 e. The first kappa shape index (κ1) is 19.8. The molecule has 0 saturated carbocycles. The molecule has 1 heterocycles. The van der Waals surface area contributed by atoms with Gasteiger partial charge in [0.1, 0.15) is 23.0 Å². The van der Waals surface area contributed by atoms with Gasteiger partial charge in [-0.15, -0.1) is 0 Å². The molecule has 0 saturated heterocycles.